The Bertz CT molecular complexity index is 262. The van der Waals surface area contributed by atoms with E-state index in [9.17, 15) is 0 Å². The van der Waals surface area contributed by atoms with Crippen molar-refractivity contribution in [2.75, 3.05) is 0 Å². The lowest BCUT2D eigenvalue weighted by Crippen LogP contribution is -1.99. The first kappa shape index (κ1) is 12.2. The standard InChI is InChI=1S/C12H22N2O/c1-4-6-8-11(9-7-5-2)12-14-13-10(3)15-12/h11H,4-9H2,1-3H3. The van der Waals surface area contributed by atoms with Crippen LogP contribution in [0.3, 0.4) is 0 Å². The monoisotopic (exact) mass is 210 g/mol. The molecule has 3 nitrogen and oxygen atoms in total. The van der Waals surface area contributed by atoms with Gasteiger partial charge in [-0.1, -0.05) is 39.5 Å². The number of aromatic nitrogens is 2. The Morgan fingerprint density at radius 2 is 1.67 bits per heavy atom. The summed E-state index contributed by atoms with van der Waals surface area (Å²) in [6.45, 7) is 6.29. The molecule has 0 unspecified atom stereocenters. The summed E-state index contributed by atoms with van der Waals surface area (Å²) in [4.78, 5) is 0. The van der Waals surface area contributed by atoms with Crippen LogP contribution in [0.15, 0.2) is 4.42 Å². The average molecular weight is 210 g/mol. The summed E-state index contributed by atoms with van der Waals surface area (Å²) in [7, 11) is 0. The molecule has 0 radical (unpaired) electrons. The van der Waals surface area contributed by atoms with E-state index in [1.165, 1.54) is 38.5 Å². The predicted molar refractivity (Wildman–Crippen MR) is 60.8 cm³/mol. The largest absolute Gasteiger partial charge is 0.425 e. The molecule has 0 aliphatic heterocycles. The first-order valence-electron chi connectivity index (χ1n) is 6.07. The molecule has 0 fully saturated rings. The van der Waals surface area contributed by atoms with Crippen LogP contribution in [0.2, 0.25) is 0 Å². The van der Waals surface area contributed by atoms with Crippen LogP contribution in [0.5, 0.6) is 0 Å². The van der Waals surface area contributed by atoms with Gasteiger partial charge in [-0.25, -0.2) is 0 Å². The SMILES string of the molecule is CCCCC(CCCC)c1nnc(C)o1. The molecule has 0 saturated heterocycles. The van der Waals surface area contributed by atoms with Gasteiger partial charge in [-0.15, -0.1) is 10.2 Å². The summed E-state index contributed by atoms with van der Waals surface area (Å²) in [6, 6.07) is 0. The van der Waals surface area contributed by atoms with Gasteiger partial charge in [0, 0.05) is 12.8 Å². The third-order valence-corrected chi connectivity index (χ3v) is 2.70. The quantitative estimate of drug-likeness (QED) is 0.686. The number of rotatable bonds is 7. The van der Waals surface area contributed by atoms with Crippen LogP contribution < -0.4 is 0 Å². The second kappa shape index (κ2) is 6.59. The summed E-state index contributed by atoms with van der Waals surface area (Å²) in [5.41, 5.74) is 0. The van der Waals surface area contributed by atoms with E-state index < -0.39 is 0 Å². The van der Waals surface area contributed by atoms with Crippen LogP contribution in [-0.4, -0.2) is 10.2 Å². The van der Waals surface area contributed by atoms with Gasteiger partial charge >= 0.3 is 0 Å². The molecule has 1 rings (SSSR count). The molecule has 3 heteroatoms. The Labute approximate surface area is 92.3 Å². The molecule has 0 aromatic carbocycles. The molecule has 0 saturated carbocycles. The fourth-order valence-corrected chi connectivity index (χ4v) is 1.77. The molecular weight excluding hydrogens is 188 g/mol. The molecule has 86 valence electrons. The number of unbranched alkanes of at least 4 members (excludes halogenated alkanes) is 2. The highest BCUT2D eigenvalue weighted by atomic mass is 16.4. The number of nitrogens with zero attached hydrogens (tertiary/aromatic N) is 2. The third kappa shape index (κ3) is 4.02. The van der Waals surface area contributed by atoms with E-state index in [1.54, 1.807) is 0 Å². The third-order valence-electron chi connectivity index (χ3n) is 2.70. The summed E-state index contributed by atoms with van der Waals surface area (Å²) in [5.74, 6) is 2.00. The van der Waals surface area contributed by atoms with Crippen LogP contribution >= 0.6 is 0 Å². The van der Waals surface area contributed by atoms with Crippen LogP contribution in [0.25, 0.3) is 0 Å². The van der Waals surface area contributed by atoms with Gasteiger partial charge in [0.2, 0.25) is 11.8 Å². The van der Waals surface area contributed by atoms with Crippen molar-refractivity contribution in [1.82, 2.24) is 10.2 Å². The summed E-state index contributed by atoms with van der Waals surface area (Å²) in [6.07, 6.45) is 7.31. The van der Waals surface area contributed by atoms with Gasteiger partial charge in [-0.2, -0.15) is 0 Å². The predicted octanol–water partition coefficient (Wildman–Crippen LogP) is 3.84. The molecule has 0 N–H and O–H groups in total. The van der Waals surface area contributed by atoms with Crippen molar-refractivity contribution in [3.8, 4) is 0 Å². The van der Waals surface area contributed by atoms with Crippen LogP contribution in [-0.2, 0) is 0 Å². The Balaban J connectivity index is 2.54. The Kier molecular flexibility index (Phi) is 5.37. The lowest BCUT2D eigenvalue weighted by atomic mass is 9.96. The van der Waals surface area contributed by atoms with Gasteiger partial charge in [-0.3, -0.25) is 0 Å². The van der Waals surface area contributed by atoms with E-state index in [0.29, 0.717) is 11.8 Å². The molecule has 1 heterocycles. The minimum atomic E-state index is 0.478. The zero-order chi connectivity index (χ0) is 11.1. The van der Waals surface area contributed by atoms with Gasteiger partial charge in [0.25, 0.3) is 0 Å². The molecule has 15 heavy (non-hydrogen) atoms. The van der Waals surface area contributed by atoms with Crippen LogP contribution in [0.4, 0.5) is 0 Å². The van der Waals surface area contributed by atoms with Gasteiger partial charge in [0.1, 0.15) is 0 Å². The number of hydrogen-bond donors (Lipinski definition) is 0. The van der Waals surface area contributed by atoms with E-state index in [4.69, 9.17) is 4.42 Å². The Morgan fingerprint density at radius 1 is 1.07 bits per heavy atom. The van der Waals surface area contributed by atoms with Crippen molar-refractivity contribution in [3.63, 3.8) is 0 Å². The summed E-state index contributed by atoms with van der Waals surface area (Å²) in [5, 5.41) is 8.04. The molecule has 0 aliphatic rings. The van der Waals surface area contributed by atoms with E-state index in [1.807, 2.05) is 6.92 Å². The lowest BCUT2D eigenvalue weighted by molar-refractivity contribution is 0.389. The highest BCUT2D eigenvalue weighted by Crippen LogP contribution is 2.26. The fourth-order valence-electron chi connectivity index (χ4n) is 1.77. The van der Waals surface area contributed by atoms with Gasteiger partial charge in [0.15, 0.2) is 0 Å². The molecule has 1 aromatic rings. The first-order valence-corrected chi connectivity index (χ1v) is 6.07. The van der Waals surface area contributed by atoms with Crippen LogP contribution in [0, 0.1) is 6.92 Å². The van der Waals surface area contributed by atoms with E-state index >= 15 is 0 Å². The maximum Gasteiger partial charge on any atom is 0.219 e. The minimum absolute atomic E-state index is 0.478. The second-order valence-electron chi connectivity index (χ2n) is 4.14. The van der Waals surface area contributed by atoms with Crippen molar-refractivity contribution in [1.29, 1.82) is 0 Å². The van der Waals surface area contributed by atoms with Gasteiger partial charge < -0.3 is 4.42 Å². The average Bonchev–Trinajstić information content (AvgIpc) is 2.65. The molecule has 1 aromatic heterocycles. The molecule has 0 bridgehead atoms. The summed E-state index contributed by atoms with van der Waals surface area (Å²) < 4.78 is 5.52. The van der Waals surface area contributed by atoms with E-state index in [2.05, 4.69) is 24.0 Å². The maximum atomic E-state index is 5.52. The summed E-state index contributed by atoms with van der Waals surface area (Å²) >= 11 is 0. The lowest BCUT2D eigenvalue weighted by Gasteiger charge is -2.11. The van der Waals surface area contributed by atoms with Crippen LogP contribution in [0.1, 0.15) is 70.1 Å². The van der Waals surface area contributed by atoms with E-state index in [-0.39, 0.29) is 0 Å². The molecule has 0 aliphatic carbocycles. The zero-order valence-electron chi connectivity index (χ0n) is 10.1. The van der Waals surface area contributed by atoms with Gasteiger partial charge in [0.05, 0.1) is 0 Å². The smallest absolute Gasteiger partial charge is 0.219 e. The molecular formula is C12H22N2O. The van der Waals surface area contributed by atoms with Crippen molar-refractivity contribution >= 4 is 0 Å². The second-order valence-corrected chi connectivity index (χ2v) is 4.14. The fraction of sp³-hybridized carbons (Fsp3) is 0.833. The first-order chi connectivity index (χ1) is 7.27. The van der Waals surface area contributed by atoms with Crippen molar-refractivity contribution in [3.05, 3.63) is 11.8 Å². The van der Waals surface area contributed by atoms with Crippen molar-refractivity contribution in [2.24, 2.45) is 0 Å². The molecule has 0 spiro atoms. The Morgan fingerprint density at radius 3 is 2.07 bits per heavy atom. The van der Waals surface area contributed by atoms with Crippen molar-refractivity contribution < 1.29 is 4.42 Å². The molecule has 0 amide bonds. The normalized spacial score (nSPS) is 11.2. The zero-order valence-corrected chi connectivity index (χ0v) is 10.1. The van der Waals surface area contributed by atoms with Gasteiger partial charge in [-0.05, 0) is 12.8 Å². The maximum absolute atomic E-state index is 5.52. The minimum Gasteiger partial charge on any atom is -0.425 e. The number of hydrogen-bond acceptors (Lipinski definition) is 3. The Hall–Kier alpha value is -0.860. The topological polar surface area (TPSA) is 38.9 Å². The molecule has 0 atom stereocenters. The highest BCUT2D eigenvalue weighted by Gasteiger charge is 2.16. The highest BCUT2D eigenvalue weighted by molar-refractivity contribution is 4.90. The van der Waals surface area contributed by atoms with E-state index in [0.717, 1.165) is 5.89 Å². The number of aryl methyl sites for hydroxylation is 1. The van der Waals surface area contributed by atoms with Crippen molar-refractivity contribution in [2.45, 2.75) is 65.2 Å².